The Kier molecular flexibility index (Phi) is 6.71. The Bertz CT molecular complexity index is 1880. The van der Waals surface area contributed by atoms with Gasteiger partial charge in [-0.2, -0.15) is 0 Å². The molecule has 0 bridgehead atoms. The molecule has 0 unspecified atom stereocenters. The molecule has 1 aromatic heterocycles. The van der Waals surface area contributed by atoms with Crippen LogP contribution in [0.4, 0.5) is 0 Å². The van der Waals surface area contributed by atoms with Crippen LogP contribution in [0.25, 0.3) is 28.1 Å². The molecule has 0 N–H and O–H groups in total. The summed E-state index contributed by atoms with van der Waals surface area (Å²) < 4.78 is 3.35. The molecule has 0 fully saturated rings. The van der Waals surface area contributed by atoms with Crippen LogP contribution in [0.1, 0.15) is 0 Å². The van der Waals surface area contributed by atoms with Crippen LogP contribution in [0.15, 0.2) is 168 Å². The first-order valence-corrected chi connectivity index (χ1v) is 16.6. The number of rotatable bonds is 6. The van der Waals surface area contributed by atoms with Crippen molar-refractivity contribution in [1.29, 1.82) is 0 Å². The summed E-state index contributed by atoms with van der Waals surface area (Å²) in [5.74, 6) is 0.944. The summed E-state index contributed by atoms with van der Waals surface area (Å²) >= 11 is 3.66. The van der Waals surface area contributed by atoms with E-state index in [2.05, 4.69) is 184 Å². The summed E-state index contributed by atoms with van der Waals surface area (Å²) in [4.78, 5) is 5.10. The van der Waals surface area contributed by atoms with Gasteiger partial charge in [-0.25, -0.2) is 4.98 Å². The van der Waals surface area contributed by atoms with Crippen molar-refractivity contribution in [3.8, 4) is 17.1 Å². The molecule has 0 aliphatic heterocycles. The van der Waals surface area contributed by atoms with Crippen molar-refractivity contribution in [3.05, 3.63) is 168 Å². The number of benzene rings is 6. The maximum Gasteiger partial charge on any atom is 0.179 e. The number of hydrogen-bond donors (Lipinski definition) is 0. The average molecular weight is 608 g/mol. The zero-order chi connectivity index (χ0) is 27.6. The summed E-state index contributed by atoms with van der Waals surface area (Å²) in [5, 5.41) is 5.40. The van der Waals surface area contributed by atoms with E-state index in [0.717, 1.165) is 32.6 Å². The number of imidazole rings is 1. The van der Waals surface area contributed by atoms with E-state index < -0.39 is 8.07 Å². The average Bonchev–Trinajstić information content (AvgIpc) is 3.44. The van der Waals surface area contributed by atoms with Crippen molar-refractivity contribution in [2.75, 3.05) is 0 Å². The van der Waals surface area contributed by atoms with E-state index in [9.17, 15) is 0 Å². The zero-order valence-corrected chi connectivity index (χ0v) is 24.9. The van der Waals surface area contributed by atoms with Crippen molar-refractivity contribution in [3.63, 3.8) is 0 Å². The Hall–Kier alpha value is -4.51. The number of aromatic nitrogens is 2. The Morgan fingerprint density at radius 3 is 1.51 bits per heavy atom. The third kappa shape index (κ3) is 4.46. The number of para-hydroxylation sites is 3. The molecule has 0 aliphatic carbocycles. The van der Waals surface area contributed by atoms with Gasteiger partial charge in [0.15, 0.2) is 8.07 Å². The number of nitrogens with zero attached hydrogens (tertiary/aromatic N) is 2. The van der Waals surface area contributed by atoms with E-state index in [1.165, 1.54) is 20.7 Å². The molecule has 1 heterocycles. The summed E-state index contributed by atoms with van der Waals surface area (Å²) in [5.41, 5.74) is 4.29. The van der Waals surface area contributed by atoms with Crippen molar-refractivity contribution in [2.45, 2.75) is 0 Å². The molecule has 0 atom stereocenters. The van der Waals surface area contributed by atoms with Crippen LogP contribution >= 0.6 is 15.9 Å². The Morgan fingerprint density at radius 2 is 0.927 bits per heavy atom. The zero-order valence-electron chi connectivity index (χ0n) is 22.4. The van der Waals surface area contributed by atoms with Gasteiger partial charge in [0.25, 0.3) is 0 Å². The predicted molar refractivity (Wildman–Crippen MR) is 178 cm³/mol. The second kappa shape index (κ2) is 10.8. The van der Waals surface area contributed by atoms with Crippen LogP contribution in [0.5, 0.6) is 0 Å². The molecule has 0 spiro atoms. The summed E-state index contributed by atoms with van der Waals surface area (Å²) in [6, 6.07) is 59.0. The fourth-order valence-corrected chi connectivity index (χ4v) is 11.0. The van der Waals surface area contributed by atoms with Crippen LogP contribution < -0.4 is 20.7 Å². The van der Waals surface area contributed by atoms with Gasteiger partial charge < -0.3 is 0 Å². The van der Waals surface area contributed by atoms with Crippen LogP contribution in [0.2, 0.25) is 0 Å². The van der Waals surface area contributed by atoms with E-state index in [0.29, 0.717) is 0 Å². The third-order valence-corrected chi connectivity index (χ3v) is 13.2. The smallest absolute Gasteiger partial charge is 0.179 e. The maximum absolute atomic E-state index is 5.10. The molecule has 0 saturated carbocycles. The first-order chi connectivity index (χ1) is 20.2. The summed E-state index contributed by atoms with van der Waals surface area (Å²) in [7, 11) is -2.60. The fraction of sp³-hybridized carbons (Fsp3) is 0. The molecular weight excluding hydrogens is 580 g/mol. The van der Waals surface area contributed by atoms with E-state index >= 15 is 0 Å². The molecule has 0 radical (unpaired) electrons. The highest BCUT2D eigenvalue weighted by Gasteiger charge is 2.41. The van der Waals surface area contributed by atoms with Crippen LogP contribution in [0, 0.1) is 0 Å². The minimum absolute atomic E-state index is 0.944. The number of halogens is 1. The molecular formula is C37H27BrN2Si. The molecule has 0 aliphatic rings. The van der Waals surface area contributed by atoms with Gasteiger partial charge in [0.2, 0.25) is 0 Å². The SMILES string of the molecule is Brc1ccc([Si](c2ccccc2)(c2ccccc2)c2ccc(-c3nc4ccccc4n3-c3ccccc3)cc2)cc1. The lowest BCUT2D eigenvalue weighted by molar-refractivity contribution is 1.10. The van der Waals surface area contributed by atoms with Gasteiger partial charge in [-0.3, -0.25) is 4.57 Å². The fourth-order valence-electron chi connectivity index (χ4n) is 6.00. The number of fused-ring (bicyclic) bond motifs is 1. The molecule has 41 heavy (non-hydrogen) atoms. The van der Waals surface area contributed by atoms with Crippen LogP contribution in [-0.4, -0.2) is 17.6 Å². The Morgan fingerprint density at radius 1 is 0.463 bits per heavy atom. The van der Waals surface area contributed by atoms with E-state index in [1.54, 1.807) is 0 Å². The number of hydrogen-bond acceptors (Lipinski definition) is 1. The van der Waals surface area contributed by atoms with Gasteiger partial charge in [0, 0.05) is 15.7 Å². The predicted octanol–water partition coefficient (Wildman–Crippen LogP) is 6.83. The highest BCUT2D eigenvalue weighted by molar-refractivity contribution is 9.10. The van der Waals surface area contributed by atoms with Crippen LogP contribution in [-0.2, 0) is 0 Å². The normalized spacial score (nSPS) is 11.5. The first-order valence-electron chi connectivity index (χ1n) is 13.8. The lowest BCUT2D eigenvalue weighted by atomic mass is 10.2. The van der Waals surface area contributed by atoms with Gasteiger partial charge in [-0.15, -0.1) is 0 Å². The van der Waals surface area contributed by atoms with Gasteiger partial charge in [-0.1, -0.05) is 143 Å². The largest absolute Gasteiger partial charge is 0.292 e. The Labute approximate surface area is 249 Å². The van der Waals surface area contributed by atoms with Gasteiger partial charge in [-0.05, 0) is 57.1 Å². The van der Waals surface area contributed by atoms with Gasteiger partial charge in [0.1, 0.15) is 5.82 Å². The summed E-state index contributed by atoms with van der Waals surface area (Å²) in [6.45, 7) is 0. The molecule has 6 aromatic carbocycles. The molecule has 7 rings (SSSR count). The second-order valence-corrected chi connectivity index (χ2v) is 14.9. The molecule has 4 heteroatoms. The van der Waals surface area contributed by atoms with Crippen molar-refractivity contribution < 1.29 is 0 Å². The van der Waals surface area contributed by atoms with Crippen molar-refractivity contribution in [2.24, 2.45) is 0 Å². The van der Waals surface area contributed by atoms with Crippen molar-refractivity contribution >= 4 is 55.8 Å². The van der Waals surface area contributed by atoms with Gasteiger partial charge in [0.05, 0.1) is 11.0 Å². The molecule has 196 valence electrons. The molecule has 0 saturated heterocycles. The van der Waals surface area contributed by atoms with E-state index in [1.807, 2.05) is 0 Å². The first kappa shape index (κ1) is 25.5. The minimum atomic E-state index is -2.60. The quantitative estimate of drug-likeness (QED) is 0.150. The van der Waals surface area contributed by atoms with Crippen LogP contribution in [0.3, 0.4) is 0 Å². The summed E-state index contributed by atoms with van der Waals surface area (Å²) in [6.07, 6.45) is 0. The highest BCUT2D eigenvalue weighted by Crippen LogP contribution is 2.28. The van der Waals surface area contributed by atoms with E-state index in [-0.39, 0.29) is 0 Å². The highest BCUT2D eigenvalue weighted by atomic mass is 79.9. The van der Waals surface area contributed by atoms with E-state index in [4.69, 9.17) is 4.98 Å². The molecule has 7 aromatic rings. The topological polar surface area (TPSA) is 17.8 Å². The maximum atomic E-state index is 5.10. The van der Waals surface area contributed by atoms with Crippen molar-refractivity contribution in [1.82, 2.24) is 9.55 Å². The third-order valence-electron chi connectivity index (χ3n) is 7.84. The Balaban J connectivity index is 1.46. The lowest BCUT2D eigenvalue weighted by Crippen LogP contribution is -2.74. The second-order valence-electron chi connectivity index (χ2n) is 10.2. The standard InChI is InChI=1S/C37H27BrN2Si/c38-29-22-26-34(27-23-29)41(31-14-6-2-7-15-31,32-16-8-3-9-17-32)33-24-20-28(21-25-33)37-39-35-18-10-11-19-36(35)40(37)30-12-4-1-5-13-30/h1-27H. The van der Waals surface area contributed by atoms with Gasteiger partial charge >= 0.3 is 0 Å². The molecule has 0 amide bonds. The minimum Gasteiger partial charge on any atom is -0.292 e. The monoisotopic (exact) mass is 606 g/mol. The molecule has 2 nitrogen and oxygen atoms in total. The lowest BCUT2D eigenvalue weighted by Gasteiger charge is -2.34.